The van der Waals surface area contributed by atoms with E-state index in [2.05, 4.69) is 65.4 Å². The summed E-state index contributed by atoms with van der Waals surface area (Å²) in [7, 11) is 0. The zero-order valence-corrected chi connectivity index (χ0v) is 14.1. The molecule has 5 heteroatoms. The molecule has 108 valence electrons. The topological polar surface area (TPSA) is 49.0 Å². The van der Waals surface area contributed by atoms with Gasteiger partial charge in [0, 0.05) is 18.4 Å². The van der Waals surface area contributed by atoms with E-state index in [9.17, 15) is 4.79 Å². The van der Waals surface area contributed by atoms with Crippen molar-refractivity contribution in [1.82, 2.24) is 14.9 Å². The van der Waals surface area contributed by atoms with E-state index < -0.39 is 0 Å². The molecule has 0 fully saturated rings. The molecule has 0 aliphatic carbocycles. The van der Waals surface area contributed by atoms with Crippen LogP contribution in [0.2, 0.25) is 0 Å². The number of aromatic amines is 1. The summed E-state index contributed by atoms with van der Waals surface area (Å²) < 4.78 is 0.548. The molecular weight excluding hydrogens is 306 g/mol. The summed E-state index contributed by atoms with van der Waals surface area (Å²) in [6.07, 6.45) is 0.771. The summed E-state index contributed by atoms with van der Waals surface area (Å²) in [5, 5.41) is 0. The first-order valence-electron chi connectivity index (χ1n) is 6.81. The summed E-state index contributed by atoms with van der Waals surface area (Å²) in [5.41, 5.74) is 0.595. The van der Waals surface area contributed by atoms with Gasteiger partial charge in [-0.1, -0.05) is 34.6 Å². The zero-order valence-electron chi connectivity index (χ0n) is 12.5. The lowest BCUT2D eigenvalue weighted by Crippen LogP contribution is -2.28. The van der Waals surface area contributed by atoms with Crippen LogP contribution in [-0.2, 0) is 11.8 Å². The van der Waals surface area contributed by atoms with Crippen LogP contribution in [-0.4, -0.2) is 34.5 Å². The van der Waals surface area contributed by atoms with Crippen molar-refractivity contribution in [3.8, 4) is 0 Å². The van der Waals surface area contributed by atoms with Gasteiger partial charge in [-0.2, -0.15) is 0 Å². The first-order valence-corrected chi connectivity index (χ1v) is 7.60. The van der Waals surface area contributed by atoms with Crippen LogP contribution in [0.3, 0.4) is 0 Å². The van der Waals surface area contributed by atoms with Crippen molar-refractivity contribution in [2.45, 2.75) is 46.5 Å². The number of rotatable bonds is 5. The zero-order chi connectivity index (χ0) is 14.6. The minimum absolute atomic E-state index is 0.0885. The smallest absolute Gasteiger partial charge is 0.265 e. The summed E-state index contributed by atoms with van der Waals surface area (Å²) in [6, 6.07) is 0. The van der Waals surface area contributed by atoms with Crippen molar-refractivity contribution in [2.75, 3.05) is 19.6 Å². The average molecular weight is 330 g/mol. The first-order chi connectivity index (χ1) is 8.79. The summed E-state index contributed by atoms with van der Waals surface area (Å²) >= 11 is 3.34. The van der Waals surface area contributed by atoms with Gasteiger partial charge in [0.25, 0.3) is 5.56 Å². The van der Waals surface area contributed by atoms with Gasteiger partial charge < -0.3 is 9.88 Å². The quantitative estimate of drug-likeness (QED) is 0.903. The Morgan fingerprint density at radius 1 is 1.26 bits per heavy atom. The Kier molecular flexibility index (Phi) is 5.74. The van der Waals surface area contributed by atoms with E-state index in [4.69, 9.17) is 0 Å². The standard InChI is InChI=1S/C14H24BrN3O/c1-6-18(7-2)9-8-10-16-12(14(3,4)5)11(15)13(19)17-10/h6-9H2,1-5H3,(H,16,17,19). The largest absolute Gasteiger partial charge is 0.310 e. The summed E-state index contributed by atoms with van der Waals surface area (Å²) in [6.45, 7) is 13.4. The average Bonchev–Trinajstić information content (AvgIpc) is 2.33. The molecule has 1 rings (SSSR count). The van der Waals surface area contributed by atoms with E-state index in [1.54, 1.807) is 0 Å². The molecule has 0 atom stereocenters. The highest BCUT2D eigenvalue weighted by Gasteiger charge is 2.21. The van der Waals surface area contributed by atoms with Crippen LogP contribution < -0.4 is 5.56 Å². The van der Waals surface area contributed by atoms with Crippen LogP contribution in [0, 0.1) is 0 Å². The molecular formula is C14H24BrN3O. The van der Waals surface area contributed by atoms with Gasteiger partial charge in [-0.3, -0.25) is 4.79 Å². The molecule has 19 heavy (non-hydrogen) atoms. The third kappa shape index (κ3) is 4.42. The fourth-order valence-electron chi connectivity index (χ4n) is 1.92. The predicted octanol–water partition coefficient (Wildman–Crippen LogP) is 2.71. The Morgan fingerprint density at radius 2 is 1.84 bits per heavy atom. The Morgan fingerprint density at radius 3 is 2.32 bits per heavy atom. The molecule has 0 aromatic carbocycles. The van der Waals surface area contributed by atoms with Crippen molar-refractivity contribution in [3.63, 3.8) is 0 Å². The SMILES string of the molecule is CCN(CC)CCc1nc(C(C)(C)C)c(Br)c(=O)[nH]1. The fourth-order valence-corrected chi connectivity index (χ4v) is 2.71. The Balaban J connectivity index is 2.98. The second-order valence-corrected chi connectivity index (χ2v) is 6.50. The minimum Gasteiger partial charge on any atom is -0.310 e. The van der Waals surface area contributed by atoms with Crippen molar-refractivity contribution >= 4 is 15.9 Å². The molecule has 0 aliphatic rings. The van der Waals surface area contributed by atoms with E-state index in [1.807, 2.05) is 0 Å². The lowest BCUT2D eigenvalue weighted by Gasteiger charge is -2.21. The molecule has 0 unspecified atom stereocenters. The highest BCUT2D eigenvalue weighted by Crippen LogP contribution is 2.25. The second-order valence-electron chi connectivity index (χ2n) is 5.70. The maximum atomic E-state index is 11.9. The molecule has 0 spiro atoms. The third-order valence-electron chi connectivity index (χ3n) is 3.18. The molecule has 1 N–H and O–H groups in total. The van der Waals surface area contributed by atoms with Crippen LogP contribution in [0.25, 0.3) is 0 Å². The molecule has 0 saturated carbocycles. The number of nitrogens with zero attached hydrogens (tertiary/aromatic N) is 2. The van der Waals surface area contributed by atoms with Crippen molar-refractivity contribution in [2.24, 2.45) is 0 Å². The van der Waals surface area contributed by atoms with Crippen LogP contribution in [0.5, 0.6) is 0 Å². The molecule has 0 bridgehead atoms. The molecule has 4 nitrogen and oxygen atoms in total. The predicted molar refractivity (Wildman–Crippen MR) is 82.7 cm³/mol. The van der Waals surface area contributed by atoms with E-state index in [0.717, 1.165) is 37.6 Å². The maximum Gasteiger partial charge on any atom is 0.265 e. The maximum absolute atomic E-state index is 11.9. The molecule has 0 amide bonds. The number of likely N-dealkylation sites (N-methyl/N-ethyl adjacent to an activating group) is 1. The third-order valence-corrected chi connectivity index (χ3v) is 3.92. The van der Waals surface area contributed by atoms with Crippen LogP contribution in [0.4, 0.5) is 0 Å². The van der Waals surface area contributed by atoms with Gasteiger partial charge in [-0.15, -0.1) is 0 Å². The number of H-pyrrole nitrogens is 1. The molecule has 1 aromatic rings. The number of aromatic nitrogens is 2. The van der Waals surface area contributed by atoms with Crippen molar-refractivity contribution < 1.29 is 0 Å². The molecule has 0 saturated heterocycles. The fraction of sp³-hybridized carbons (Fsp3) is 0.714. The Labute approximate surface area is 123 Å². The van der Waals surface area contributed by atoms with Gasteiger partial charge >= 0.3 is 0 Å². The van der Waals surface area contributed by atoms with E-state index in [-0.39, 0.29) is 11.0 Å². The minimum atomic E-state index is -0.142. The summed E-state index contributed by atoms with van der Waals surface area (Å²) in [4.78, 5) is 21.7. The van der Waals surface area contributed by atoms with Crippen LogP contribution in [0.15, 0.2) is 9.27 Å². The van der Waals surface area contributed by atoms with Gasteiger partial charge in [0.15, 0.2) is 0 Å². The summed E-state index contributed by atoms with van der Waals surface area (Å²) in [5.74, 6) is 0.769. The lowest BCUT2D eigenvalue weighted by atomic mass is 9.92. The molecule has 0 aliphatic heterocycles. The van der Waals surface area contributed by atoms with Gasteiger partial charge in [0.05, 0.1) is 5.69 Å². The number of nitrogens with one attached hydrogen (secondary N) is 1. The molecule has 0 radical (unpaired) electrons. The van der Waals surface area contributed by atoms with Crippen molar-refractivity contribution in [3.05, 3.63) is 26.3 Å². The van der Waals surface area contributed by atoms with Gasteiger partial charge in [0.2, 0.25) is 0 Å². The Hall–Kier alpha value is -0.680. The molecule has 1 aromatic heterocycles. The number of hydrogen-bond donors (Lipinski definition) is 1. The number of halogens is 1. The van der Waals surface area contributed by atoms with Crippen LogP contribution in [0.1, 0.15) is 46.1 Å². The van der Waals surface area contributed by atoms with Gasteiger partial charge in [-0.05, 0) is 29.0 Å². The number of hydrogen-bond acceptors (Lipinski definition) is 3. The van der Waals surface area contributed by atoms with Gasteiger partial charge in [-0.25, -0.2) is 4.98 Å². The van der Waals surface area contributed by atoms with E-state index >= 15 is 0 Å². The van der Waals surface area contributed by atoms with Gasteiger partial charge in [0.1, 0.15) is 10.3 Å². The normalized spacial score (nSPS) is 12.2. The van der Waals surface area contributed by atoms with Crippen LogP contribution >= 0.6 is 15.9 Å². The monoisotopic (exact) mass is 329 g/mol. The molecule has 1 heterocycles. The van der Waals surface area contributed by atoms with E-state index in [1.165, 1.54) is 0 Å². The highest BCUT2D eigenvalue weighted by molar-refractivity contribution is 9.10. The van der Waals surface area contributed by atoms with E-state index in [0.29, 0.717) is 4.47 Å². The lowest BCUT2D eigenvalue weighted by molar-refractivity contribution is 0.305. The van der Waals surface area contributed by atoms with Crippen molar-refractivity contribution in [1.29, 1.82) is 0 Å². The Bertz CT molecular complexity index is 473. The highest BCUT2D eigenvalue weighted by atomic mass is 79.9. The first kappa shape index (κ1) is 16.4. The second kappa shape index (κ2) is 6.66.